The Morgan fingerprint density at radius 3 is 2.07 bits per heavy atom. The van der Waals surface area contributed by atoms with Crippen LogP contribution >= 0.6 is 0 Å². The molecule has 0 aromatic rings. The van der Waals surface area contributed by atoms with E-state index in [1.54, 1.807) is 0 Å². The molecule has 0 bridgehead atoms. The van der Waals surface area contributed by atoms with Gasteiger partial charge >= 0.3 is 17.9 Å². The number of fused-ring (bicyclic) bond motifs is 7. The van der Waals surface area contributed by atoms with Gasteiger partial charge in [0.2, 0.25) is 0 Å². The van der Waals surface area contributed by atoms with Crippen LogP contribution < -0.4 is 0 Å². The molecule has 4 aliphatic carbocycles. The first-order valence-electron chi connectivity index (χ1n) is 16.2. The molecule has 0 aromatic heterocycles. The van der Waals surface area contributed by atoms with Crippen LogP contribution in [0.2, 0.25) is 0 Å². The van der Waals surface area contributed by atoms with Gasteiger partial charge in [-0.2, -0.15) is 0 Å². The van der Waals surface area contributed by atoms with Gasteiger partial charge in [-0.05, 0) is 85.4 Å². The molecule has 6 fully saturated rings. The summed E-state index contributed by atoms with van der Waals surface area (Å²) < 4.78 is 30.7. The summed E-state index contributed by atoms with van der Waals surface area (Å²) in [5.41, 5.74) is -0.250. The van der Waals surface area contributed by atoms with Gasteiger partial charge in [0.05, 0.1) is 12.7 Å². The Balaban J connectivity index is 1.31. The molecule has 6 rings (SSSR count). The number of aliphatic hydroxyl groups is 1. The van der Waals surface area contributed by atoms with E-state index in [0.29, 0.717) is 49.5 Å². The lowest BCUT2D eigenvalue weighted by Crippen LogP contribution is -2.62. The van der Waals surface area contributed by atoms with Crippen LogP contribution in [0.3, 0.4) is 0 Å². The van der Waals surface area contributed by atoms with Crippen molar-refractivity contribution < 1.29 is 43.2 Å². The molecule has 1 unspecified atom stereocenters. The number of carbonyl (C=O) groups excluding carboxylic acids is 3. The van der Waals surface area contributed by atoms with E-state index >= 15 is 0 Å². The van der Waals surface area contributed by atoms with Crippen LogP contribution in [0.25, 0.3) is 0 Å². The number of rotatable bonds is 3. The van der Waals surface area contributed by atoms with Crippen molar-refractivity contribution in [2.75, 3.05) is 6.61 Å². The van der Waals surface area contributed by atoms with Gasteiger partial charge in [-0.15, -0.1) is 0 Å². The monoisotopic (exact) mass is 590 g/mol. The maximum atomic E-state index is 12.4. The standard InChI is InChI=1S/C33H50O9/c1-16-10-29(37)33(38-15-16)17(2)30-27(42-33)12-23-21-11-25(39-18(3)34)24-13-26(40-19(4)35)28(41-20(5)36)14-32(24,7)22(21)8-9-31(23,30)6/h16-17,21-30,37H,8-15H2,1-7H3/t16-,17+,21-,22+,23+,24-,25-,26+,27+,28-,29?,30+,31+,32-,33+/m1/s1. The van der Waals surface area contributed by atoms with Gasteiger partial charge in [-0.3, -0.25) is 14.4 Å². The molecule has 2 aliphatic heterocycles. The highest BCUT2D eigenvalue weighted by Crippen LogP contribution is 2.71. The minimum Gasteiger partial charge on any atom is -0.462 e. The van der Waals surface area contributed by atoms with Gasteiger partial charge in [0.25, 0.3) is 0 Å². The maximum absolute atomic E-state index is 12.4. The zero-order valence-electron chi connectivity index (χ0n) is 26.3. The van der Waals surface area contributed by atoms with E-state index in [1.807, 2.05) is 0 Å². The van der Waals surface area contributed by atoms with Gasteiger partial charge < -0.3 is 28.8 Å². The van der Waals surface area contributed by atoms with Crippen molar-refractivity contribution in [3.8, 4) is 0 Å². The predicted molar refractivity (Wildman–Crippen MR) is 151 cm³/mol. The number of aliphatic hydroxyl groups excluding tert-OH is 1. The van der Waals surface area contributed by atoms with Crippen molar-refractivity contribution in [3.63, 3.8) is 0 Å². The molecule has 0 amide bonds. The summed E-state index contributed by atoms with van der Waals surface area (Å²) in [4.78, 5) is 36.6. The minimum atomic E-state index is -0.928. The molecule has 2 heterocycles. The Kier molecular flexibility index (Phi) is 7.54. The normalized spacial score (nSPS) is 52.9. The first kappa shape index (κ1) is 30.3. The van der Waals surface area contributed by atoms with E-state index in [1.165, 1.54) is 20.8 Å². The van der Waals surface area contributed by atoms with Crippen molar-refractivity contribution in [2.24, 2.45) is 52.3 Å². The number of esters is 3. The van der Waals surface area contributed by atoms with E-state index < -0.39 is 30.1 Å². The van der Waals surface area contributed by atoms with E-state index in [9.17, 15) is 19.5 Å². The van der Waals surface area contributed by atoms with Gasteiger partial charge in [0.15, 0.2) is 5.79 Å². The third-order valence-corrected chi connectivity index (χ3v) is 12.9. The molecule has 0 radical (unpaired) electrons. The molecule has 9 heteroatoms. The van der Waals surface area contributed by atoms with Crippen LogP contribution in [0.1, 0.15) is 93.4 Å². The summed E-state index contributed by atoms with van der Waals surface area (Å²) in [6, 6.07) is 0. The first-order chi connectivity index (χ1) is 19.7. The maximum Gasteiger partial charge on any atom is 0.303 e. The Hall–Kier alpha value is -1.71. The SMILES string of the molecule is CC(=O)O[C@H]1C[C@@H]2[C@H](OC(C)=O)C[C@@H]3[C@H](CC[C@]4(C)[C@@H]5[C@H](C[C@@H]34)O[C@@]3(OC[C@H](C)CC3O)[C@H]5C)[C@@]2(C)C[C@H]1OC(C)=O. The number of ether oxygens (including phenoxy) is 5. The molecule has 0 aromatic carbocycles. The Bertz CT molecular complexity index is 1110. The third kappa shape index (κ3) is 4.54. The second-order valence-corrected chi connectivity index (χ2v) is 15.2. The summed E-state index contributed by atoms with van der Waals surface area (Å²) >= 11 is 0. The largest absolute Gasteiger partial charge is 0.462 e. The molecule has 4 saturated carbocycles. The molecule has 9 nitrogen and oxygen atoms in total. The van der Waals surface area contributed by atoms with E-state index in [4.69, 9.17) is 23.7 Å². The number of hydrogen-bond acceptors (Lipinski definition) is 9. The molecule has 1 N–H and O–H groups in total. The Morgan fingerprint density at radius 2 is 1.43 bits per heavy atom. The average Bonchev–Trinajstić information content (AvgIpc) is 3.33. The minimum absolute atomic E-state index is 0.00437. The van der Waals surface area contributed by atoms with Crippen LogP contribution in [-0.2, 0) is 38.1 Å². The highest BCUT2D eigenvalue weighted by molar-refractivity contribution is 5.67. The smallest absolute Gasteiger partial charge is 0.303 e. The van der Waals surface area contributed by atoms with E-state index in [-0.39, 0.29) is 52.7 Å². The Morgan fingerprint density at radius 1 is 0.786 bits per heavy atom. The highest BCUT2D eigenvalue weighted by Gasteiger charge is 2.72. The van der Waals surface area contributed by atoms with Crippen LogP contribution in [0, 0.1) is 52.3 Å². The van der Waals surface area contributed by atoms with Crippen molar-refractivity contribution in [1.29, 1.82) is 0 Å². The molecule has 2 saturated heterocycles. The zero-order chi connectivity index (χ0) is 30.4. The van der Waals surface area contributed by atoms with E-state index in [0.717, 1.165) is 25.7 Å². The van der Waals surface area contributed by atoms with Crippen molar-refractivity contribution in [3.05, 3.63) is 0 Å². The molecular weight excluding hydrogens is 540 g/mol. The predicted octanol–water partition coefficient (Wildman–Crippen LogP) is 4.42. The highest BCUT2D eigenvalue weighted by atomic mass is 16.7. The van der Waals surface area contributed by atoms with Crippen LogP contribution in [0.4, 0.5) is 0 Å². The van der Waals surface area contributed by atoms with Gasteiger partial charge in [0, 0.05) is 32.6 Å². The molecule has 15 atom stereocenters. The quantitative estimate of drug-likeness (QED) is 0.377. The fourth-order valence-electron chi connectivity index (χ4n) is 11.4. The number of hydrogen-bond donors (Lipinski definition) is 1. The lowest BCUT2D eigenvalue weighted by molar-refractivity contribution is -0.316. The number of carbonyl (C=O) groups is 3. The van der Waals surface area contributed by atoms with Crippen molar-refractivity contribution in [2.45, 2.75) is 130 Å². The summed E-state index contributed by atoms with van der Waals surface area (Å²) in [5, 5.41) is 11.2. The molecule has 42 heavy (non-hydrogen) atoms. The van der Waals surface area contributed by atoms with Crippen molar-refractivity contribution >= 4 is 17.9 Å². The second-order valence-electron chi connectivity index (χ2n) is 15.2. The van der Waals surface area contributed by atoms with Crippen LogP contribution in [0.15, 0.2) is 0 Å². The lowest BCUT2D eigenvalue weighted by Gasteiger charge is -2.63. The summed E-state index contributed by atoms with van der Waals surface area (Å²) in [6.07, 6.45) is 3.48. The summed E-state index contributed by atoms with van der Waals surface area (Å²) in [7, 11) is 0. The first-order valence-corrected chi connectivity index (χ1v) is 16.2. The molecule has 6 aliphatic rings. The van der Waals surface area contributed by atoms with Gasteiger partial charge in [-0.25, -0.2) is 0 Å². The van der Waals surface area contributed by atoms with Crippen LogP contribution in [-0.4, -0.2) is 65.9 Å². The second kappa shape index (κ2) is 10.4. The molecule has 236 valence electrons. The topological polar surface area (TPSA) is 118 Å². The van der Waals surface area contributed by atoms with Gasteiger partial charge in [-0.1, -0.05) is 27.7 Å². The van der Waals surface area contributed by atoms with Crippen LogP contribution in [0.5, 0.6) is 0 Å². The Labute approximate surface area is 249 Å². The summed E-state index contributed by atoms with van der Waals surface area (Å²) in [5.74, 6) is -0.332. The zero-order valence-corrected chi connectivity index (χ0v) is 26.3. The molecule has 1 spiro atoms. The van der Waals surface area contributed by atoms with E-state index in [2.05, 4.69) is 27.7 Å². The average molecular weight is 591 g/mol. The fourth-order valence-corrected chi connectivity index (χ4v) is 11.4. The third-order valence-electron chi connectivity index (χ3n) is 12.9. The lowest BCUT2D eigenvalue weighted by atomic mass is 9.43. The van der Waals surface area contributed by atoms with Crippen molar-refractivity contribution in [1.82, 2.24) is 0 Å². The molecular formula is C33H50O9. The van der Waals surface area contributed by atoms with Gasteiger partial charge in [0.1, 0.15) is 24.4 Å². The fraction of sp³-hybridized carbons (Fsp3) is 0.909. The summed E-state index contributed by atoms with van der Waals surface area (Å²) in [6.45, 7) is 13.9.